The zero-order valence-corrected chi connectivity index (χ0v) is 26.3. The summed E-state index contributed by atoms with van der Waals surface area (Å²) in [7, 11) is 2.61. The molecule has 2 unspecified atom stereocenters. The molecule has 3 heterocycles. The van der Waals surface area contributed by atoms with E-state index in [1.165, 1.54) is 19.2 Å². The Morgan fingerprint density at radius 1 is 0.957 bits per heavy atom. The third-order valence-electron chi connectivity index (χ3n) is 7.78. The van der Waals surface area contributed by atoms with E-state index in [0.29, 0.717) is 31.9 Å². The molecule has 1 aromatic carbocycles. The molecule has 0 radical (unpaired) electrons. The monoisotopic (exact) mass is 660 g/mol. The first-order valence-corrected chi connectivity index (χ1v) is 14.4. The van der Waals surface area contributed by atoms with Gasteiger partial charge in [-0.3, -0.25) is 33.8 Å². The number of anilines is 1. The zero-order chi connectivity index (χ0) is 32.5. The van der Waals surface area contributed by atoms with Crippen molar-refractivity contribution in [2.75, 3.05) is 64.9 Å². The summed E-state index contributed by atoms with van der Waals surface area (Å²) in [5.41, 5.74) is 1.18. The molecule has 2 N–H and O–H groups in total. The predicted octanol–water partition coefficient (Wildman–Crippen LogP) is 0.0364. The maximum absolute atomic E-state index is 14.0. The van der Waals surface area contributed by atoms with Gasteiger partial charge in [-0.15, -0.1) is 12.4 Å². The van der Waals surface area contributed by atoms with Crippen molar-refractivity contribution in [3.8, 4) is 5.75 Å². The number of piperazine rings is 2. The average molecular weight is 661 g/mol. The number of hydrogen-bond donors (Lipinski definition) is 2. The second kappa shape index (κ2) is 16.4. The van der Waals surface area contributed by atoms with Gasteiger partial charge in [-0.25, -0.2) is 0 Å². The number of nitrogens with zero attached hydrogens (tertiary/aromatic N) is 5. The van der Waals surface area contributed by atoms with Crippen LogP contribution in [0.2, 0.25) is 0 Å². The molecule has 2 aromatic rings. The highest BCUT2D eigenvalue weighted by Gasteiger charge is 2.42. The Kier molecular flexibility index (Phi) is 12.7. The number of pyridine rings is 1. The van der Waals surface area contributed by atoms with E-state index < -0.39 is 61.1 Å². The first kappa shape index (κ1) is 35.6. The number of benzene rings is 1. The molecular formula is C30H37ClN6O9. The second-order valence-corrected chi connectivity index (χ2v) is 10.5. The highest BCUT2D eigenvalue weighted by molar-refractivity contribution is 6.01. The van der Waals surface area contributed by atoms with E-state index in [1.807, 2.05) is 12.1 Å². The molecular weight excluding hydrogens is 624 g/mol. The van der Waals surface area contributed by atoms with E-state index in [1.54, 1.807) is 29.4 Å². The molecule has 1 aromatic heterocycles. The van der Waals surface area contributed by atoms with Gasteiger partial charge >= 0.3 is 11.9 Å². The largest absolute Gasteiger partial charge is 0.497 e. The Labute approximate surface area is 271 Å². The second-order valence-electron chi connectivity index (χ2n) is 10.5. The van der Waals surface area contributed by atoms with Crippen molar-refractivity contribution in [2.45, 2.75) is 24.9 Å². The van der Waals surface area contributed by atoms with Gasteiger partial charge in [0.15, 0.2) is 0 Å². The molecule has 0 spiro atoms. The van der Waals surface area contributed by atoms with Gasteiger partial charge < -0.3 is 39.5 Å². The number of nitrogens with one attached hydrogen (secondary N) is 1. The molecule has 2 aliphatic heterocycles. The number of halogens is 1. The summed E-state index contributed by atoms with van der Waals surface area (Å²) in [6.07, 6.45) is 2.45. The van der Waals surface area contributed by atoms with E-state index in [-0.39, 0.29) is 37.0 Å². The number of hydrogen-bond acceptors (Lipinski definition) is 10. The maximum Gasteiger partial charge on any atom is 0.323 e. The highest BCUT2D eigenvalue weighted by Crippen LogP contribution is 2.20. The van der Waals surface area contributed by atoms with E-state index in [9.17, 15) is 33.9 Å². The predicted molar refractivity (Wildman–Crippen MR) is 165 cm³/mol. The van der Waals surface area contributed by atoms with Crippen LogP contribution in [0, 0.1) is 0 Å². The molecule has 15 nitrogen and oxygen atoms in total. The minimum atomic E-state index is -1.38. The normalized spacial score (nSPS) is 17.0. The van der Waals surface area contributed by atoms with Crippen LogP contribution in [-0.4, -0.2) is 132 Å². The van der Waals surface area contributed by atoms with Gasteiger partial charge in [-0.1, -0.05) is 0 Å². The Morgan fingerprint density at radius 3 is 2.20 bits per heavy atom. The molecule has 46 heavy (non-hydrogen) atoms. The molecule has 0 bridgehead atoms. The first-order chi connectivity index (χ1) is 21.6. The number of ether oxygens (including phenoxy) is 2. The highest BCUT2D eigenvalue weighted by atomic mass is 35.5. The number of esters is 1. The van der Waals surface area contributed by atoms with Crippen molar-refractivity contribution >= 4 is 53.7 Å². The summed E-state index contributed by atoms with van der Waals surface area (Å²) in [4.78, 5) is 87.5. The SMILES string of the molecule is COC(=O)CC1C(=O)N(CC(=O)O)CCN1C(=O)C(CC(=O)N1CCN(c2ccncc2)CC1)NC(=O)c1ccc(OC)cc1.Cl. The van der Waals surface area contributed by atoms with Crippen molar-refractivity contribution in [3.63, 3.8) is 0 Å². The number of carboxylic acids is 1. The fraction of sp³-hybridized carbons (Fsp3) is 0.433. The Hall–Kier alpha value is -4.92. The lowest BCUT2D eigenvalue weighted by Crippen LogP contribution is -2.63. The Bertz CT molecular complexity index is 1400. The van der Waals surface area contributed by atoms with Gasteiger partial charge in [-0.2, -0.15) is 0 Å². The van der Waals surface area contributed by atoms with Gasteiger partial charge in [-0.05, 0) is 36.4 Å². The number of aliphatic carboxylic acids is 1. The topological polar surface area (TPSA) is 179 Å². The average Bonchev–Trinajstić information content (AvgIpc) is 3.06. The van der Waals surface area contributed by atoms with Crippen LogP contribution in [0.25, 0.3) is 0 Å². The number of methoxy groups -OCH3 is 2. The number of carboxylic acid groups (broad SMARTS) is 1. The third-order valence-corrected chi connectivity index (χ3v) is 7.78. The quantitative estimate of drug-likeness (QED) is 0.311. The van der Waals surface area contributed by atoms with Gasteiger partial charge in [0.2, 0.25) is 17.7 Å². The van der Waals surface area contributed by atoms with Crippen LogP contribution in [0.15, 0.2) is 48.8 Å². The standard InChI is InChI=1S/C30H36N6O9.ClH/c1-44-22-5-3-20(4-6-22)28(41)32-23(17-25(37)34-13-11-33(12-14-34)21-7-9-31-10-8-21)29(42)36-16-15-35(19-26(38)39)30(43)24(36)18-27(40)45-2;/h3-10,23-24H,11-19H2,1-2H3,(H,32,41)(H,38,39);1H. The minimum Gasteiger partial charge on any atom is -0.497 e. The van der Waals surface area contributed by atoms with E-state index in [0.717, 1.165) is 22.6 Å². The number of carbonyl (C=O) groups excluding carboxylic acids is 5. The van der Waals surface area contributed by atoms with Gasteiger partial charge in [0.25, 0.3) is 5.91 Å². The molecule has 0 aliphatic carbocycles. The van der Waals surface area contributed by atoms with Crippen molar-refractivity contribution < 1.29 is 43.3 Å². The van der Waals surface area contributed by atoms with E-state index >= 15 is 0 Å². The molecule has 248 valence electrons. The number of aromatic nitrogens is 1. The lowest BCUT2D eigenvalue weighted by molar-refractivity contribution is -0.159. The molecule has 16 heteroatoms. The lowest BCUT2D eigenvalue weighted by Gasteiger charge is -2.41. The molecule has 0 saturated carbocycles. The number of carbonyl (C=O) groups is 6. The molecule has 2 aliphatic rings. The lowest BCUT2D eigenvalue weighted by atomic mass is 10.0. The van der Waals surface area contributed by atoms with Crippen LogP contribution in [0.5, 0.6) is 5.75 Å². The van der Waals surface area contributed by atoms with Gasteiger partial charge in [0.05, 0.1) is 27.1 Å². The van der Waals surface area contributed by atoms with Crippen molar-refractivity contribution in [1.29, 1.82) is 0 Å². The van der Waals surface area contributed by atoms with Crippen molar-refractivity contribution in [3.05, 3.63) is 54.4 Å². The van der Waals surface area contributed by atoms with Crippen LogP contribution in [0.1, 0.15) is 23.2 Å². The molecule has 2 fully saturated rings. The Morgan fingerprint density at radius 2 is 1.61 bits per heavy atom. The van der Waals surface area contributed by atoms with E-state index in [4.69, 9.17) is 9.47 Å². The van der Waals surface area contributed by atoms with E-state index in [2.05, 4.69) is 15.2 Å². The van der Waals surface area contributed by atoms with Gasteiger partial charge in [0, 0.05) is 62.9 Å². The van der Waals surface area contributed by atoms with Crippen LogP contribution in [0.4, 0.5) is 5.69 Å². The maximum atomic E-state index is 14.0. The first-order valence-electron chi connectivity index (χ1n) is 14.4. The summed E-state index contributed by atoms with van der Waals surface area (Å²) in [5.74, 6) is -4.03. The van der Waals surface area contributed by atoms with Crippen molar-refractivity contribution in [1.82, 2.24) is 25.0 Å². The molecule has 4 rings (SSSR count). The fourth-order valence-electron chi connectivity index (χ4n) is 5.32. The Balaban J connectivity index is 0.00000576. The third kappa shape index (κ3) is 8.84. The summed E-state index contributed by atoms with van der Waals surface area (Å²) in [5, 5.41) is 11.9. The summed E-state index contributed by atoms with van der Waals surface area (Å²) < 4.78 is 9.86. The number of rotatable bonds is 11. The van der Waals surface area contributed by atoms with Crippen molar-refractivity contribution in [2.24, 2.45) is 0 Å². The van der Waals surface area contributed by atoms with Crippen LogP contribution >= 0.6 is 12.4 Å². The number of amides is 4. The fourth-order valence-corrected chi connectivity index (χ4v) is 5.32. The van der Waals surface area contributed by atoms with Crippen LogP contribution in [0.3, 0.4) is 0 Å². The molecule has 2 atom stereocenters. The van der Waals surface area contributed by atoms with Crippen LogP contribution in [-0.2, 0) is 28.7 Å². The van der Waals surface area contributed by atoms with Crippen LogP contribution < -0.4 is 15.0 Å². The smallest absolute Gasteiger partial charge is 0.323 e. The summed E-state index contributed by atoms with van der Waals surface area (Å²) in [6.45, 7) is 1.02. The molecule has 4 amide bonds. The van der Waals surface area contributed by atoms with Gasteiger partial charge in [0.1, 0.15) is 24.4 Å². The summed E-state index contributed by atoms with van der Waals surface area (Å²) >= 11 is 0. The minimum absolute atomic E-state index is 0. The summed E-state index contributed by atoms with van der Waals surface area (Å²) in [6, 6.07) is 7.15. The molecule has 2 saturated heterocycles. The zero-order valence-electron chi connectivity index (χ0n) is 25.5.